The maximum atomic E-state index is 10.3. The zero-order chi connectivity index (χ0) is 12.7. The largest absolute Gasteiger partial charge is 0.503 e. The Morgan fingerprint density at radius 1 is 0.875 bits per heavy atom. The molecule has 0 spiro atoms. The van der Waals surface area contributed by atoms with Crippen molar-refractivity contribution < 1.29 is 34.8 Å². The summed E-state index contributed by atoms with van der Waals surface area (Å²) in [6, 6.07) is 3.80. The third-order valence-electron chi connectivity index (χ3n) is 1.19. The first-order valence-corrected chi connectivity index (χ1v) is 3.70. The van der Waals surface area contributed by atoms with Crippen molar-refractivity contribution in [2.45, 2.75) is 0 Å². The summed E-state index contributed by atoms with van der Waals surface area (Å²) in [5.74, 6) is -2.48. The van der Waals surface area contributed by atoms with Crippen molar-refractivity contribution in [3.63, 3.8) is 0 Å². The molecule has 0 saturated carbocycles. The normalized spacial score (nSPS) is 8.50. The highest BCUT2D eigenvalue weighted by Gasteiger charge is 2.08. The Morgan fingerprint density at radius 3 is 1.44 bits per heavy atom. The second-order valence-electron chi connectivity index (χ2n) is 2.30. The average Bonchev–Trinajstić information content (AvgIpc) is 2.17. The molecule has 4 N–H and O–H groups in total. The minimum atomic E-state index is -1.83. The van der Waals surface area contributed by atoms with E-state index < -0.39 is 18.1 Å². The van der Waals surface area contributed by atoms with Crippen molar-refractivity contribution in [3.8, 4) is 0 Å². The monoisotopic (exact) mass is 229 g/mol. The number of carboxylic acid groups (broad SMARTS) is 4. The number of aromatic nitrogens is 1. The van der Waals surface area contributed by atoms with Crippen molar-refractivity contribution in [2.24, 2.45) is 0 Å². The second kappa shape index (κ2) is 5.96. The zero-order valence-electron chi connectivity index (χ0n) is 7.69. The zero-order valence-corrected chi connectivity index (χ0v) is 7.69. The van der Waals surface area contributed by atoms with Gasteiger partial charge in [-0.05, 0) is 12.1 Å². The van der Waals surface area contributed by atoms with Gasteiger partial charge in [0.15, 0.2) is 0 Å². The first-order valence-electron chi connectivity index (χ1n) is 3.70. The van der Waals surface area contributed by atoms with Gasteiger partial charge in [0.2, 0.25) is 0 Å². The SMILES string of the molecule is O=C(O)O.O=C(O)c1cccc(C(=O)O)n1. The first kappa shape index (κ1) is 13.4. The van der Waals surface area contributed by atoms with E-state index in [1.807, 2.05) is 0 Å². The van der Waals surface area contributed by atoms with E-state index in [9.17, 15) is 9.59 Å². The van der Waals surface area contributed by atoms with E-state index in [1.54, 1.807) is 0 Å². The third-order valence-corrected chi connectivity index (χ3v) is 1.19. The number of nitrogens with zero attached hydrogens (tertiary/aromatic N) is 1. The lowest BCUT2D eigenvalue weighted by atomic mass is 10.3. The lowest BCUT2D eigenvalue weighted by Gasteiger charge is -1.94. The Kier molecular flexibility index (Phi) is 4.98. The van der Waals surface area contributed by atoms with Gasteiger partial charge in [0, 0.05) is 0 Å². The third kappa shape index (κ3) is 5.17. The molecule has 0 bridgehead atoms. The van der Waals surface area contributed by atoms with Crippen LogP contribution >= 0.6 is 0 Å². The second-order valence-corrected chi connectivity index (χ2v) is 2.30. The predicted molar refractivity (Wildman–Crippen MR) is 48.8 cm³/mol. The highest BCUT2D eigenvalue weighted by atomic mass is 16.6. The number of carboxylic acids is 2. The summed E-state index contributed by atoms with van der Waals surface area (Å²) in [5.41, 5.74) is -0.537. The number of rotatable bonds is 2. The Morgan fingerprint density at radius 2 is 1.19 bits per heavy atom. The maximum absolute atomic E-state index is 10.3. The fourth-order valence-corrected chi connectivity index (χ4v) is 0.673. The highest BCUT2D eigenvalue weighted by molar-refractivity contribution is 5.89. The summed E-state index contributed by atoms with van der Waals surface area (Å²) in [4.78, 5) is 32.6. The van der Waals surface area contributed by atoms with E-state index in [1.165, 1.54) is 18.2 Å². The van der Waals surface area contributed by atoms with Crippen molar-refractivity contribution in [1.82, 2.24) is 4.98 Å². The molecular weight excluding hydrogens is 222 g/mol. The minimum absolute atomic E-state index is 0.269. The number of hydrogen-bond acceptors (Lipinski definition) is 4. The Bertz CT molecular complexity index is 381. The van der Waals surface area contributed by atoms with Gasteiger partial charge in [-0.15, -0.1) is 0 Å². The number of aromatic carboxylic acids is 2. The number of carbonyl (C=O) groups is 3. The Labute approximate surface area is 88.4 Å². The molecule has 0 aliphatic rings. The van der Waals surface area contributed by atoms with E-state index in [-0.39, 0.29) is 11.4 Å². The lowest BCUT2D eigenvalue weighted by molar-refractivity contribution is 0.0684. The van der Waals surface area contributed by atoms with Gasteiger partial charge in [0.25, 0.3) is 0 Å². The van der Waals surface area contributed by atoms with Gasteiger partial charge >= 0.3 is 18.1 Å². The molecule has 0 atom stereocenters. The Hall–Kier alpha value is -2.64. The molecule has 0 aliphatic heterocycles. The molecule has 8 heteroatoms. The smallest absolute Gasteiger partial charge is 0.477 e. The summed E-state index contributed by atoms with van der Waals surface area (Å²) >= 11 is 0. The van der Waals surface area contributed by atoms with Crippen LogP contribution in [-0.4, -0.2) is 43.5 Å². The van der Waals surface area contributed by atoms with Crippen LogP contribution in [0.4, 0.5) is 4.79 Å². The molecule has 16 heavy (non-hydrogen) atoms. The number of hydrogen-bond donors (Lipinski definition) is 4. The lowest BCUT2D eigenvalue weighted by Crippen LogP contribution is -2.06. The van der Waals surface area contributed by atoms with Crippen molar-refractivity contribution in [1.29, 1.82) is 0 Å². The fraction of sp³-hybridized carbons (Fsp3) is 0. The van der Waals surface area contributed by atoms with E-state index in [2.05, 4.69) is 4.98 Å². The van der Waals surface area contributed by atoms with Crippen molar-refractivity contribution >= 4 is 18.1 Å². The molecule has 0 unspecified atom stereocenters. The molecule has 86 valence electrons. The molecule has 1 heterocycles. The molecule has 1 aromatic rings. The topological polar surface area (TPSA) is 145 Å². The van der Waals surface area contributed by atoms with Crippen molar-refractivity contribution in [3.05, 3.63) is 29.6 Å². The quantitative estimate of drug-likeness (QED) is 0.579. The number of pyridine rings is 1. The van der Waals surface area contributed by atoms with E-state index in [4.69, 9.17) is 25.2 Å². The minimum Gasteiger partial charge on any atom is -0.477 e. The van der Waals surface area contributed by atoms with Crippen LogP contribution in [-0.2, 0) is 0 Å². The van der Waals surface area contributed by atoms with Crippen LogP contribution in [0.15, 0.2) is 18.2 Å². The molecule has 0 aliphatic carbocycles. The molecule has 8 nitrogen and oxygen atoms in total. The van der Waals surface area contributed by atoms with Gasteiger partial charge in [0.05, 0.1) is 0 Å². The van der Waals surface area contributed by atoms with Crippen LogP contribution in [0.2, 0.25) is 0 Å². The van der Waals surface area contributed by atoms with Gasteiger partial charge in [-0.3, -0.25) is 0 Å². The molecular formula is C8H7NO7. The summed E-state index contributed by atoms with van der Waals surface area (Å²) < 4.78 is 0. The standard InChI is InChI=1S/C7H5NO4.CH2O3/c9-6(10)4-2-1-3-5(8-4)7(11)12;2-1(3)4/h1-3H,(H,9,10)(H,11,12);(H2,2,3,4). The van der Waals surface area contributed by atoms with Crippen LogP contribution in [0.3, 0.4) is 0 Å². The van der Waals surface area contributed by atoms with Crippen LogP contribution < -0.4 is 0 Å². The van der Waals surface area contributed by atoms with Crippen molar-refractivity contribution in [2.75, 3.05) is 0 Å². The molecule has 0 amide bonds. The molecule has 1 aromatic heterocycles. The molecule has 0 radical (unpaired) electrons. The van der Waals surface area contributed by atoms with Gasteiger partial charge < -0.3 is 20.4 Å². The molecule has 0 saturated heterocycles. The van der Waals surface area contributed by atoms with Gasteiger partial charge in [0.1, 0.15) is 11.4 Å². The summed E-state index contributed by atoms with van der Waals surface area (Å²) in [6.45, 7) is 0. The van der Waals surface area contributed by atoms with Crippen LogP contribution in [0.1, 0.15) is 21.0 Å². The average molecular weight is 229 g/mol. The van der Waals surface area contributed by atoms with Crippen LogP contribution in [0.5, 0.6) is 0 Å². The molecule has 0 fully saturated rings. The van der Waals surface area contributed by atoms with Gasteiger partial charge in [-0.1, -0.05) is 6.07 Å². The predicted octanol–water partition coefficient (Wildman–Crippen LogP) is 0.700. The van der Waals surface area contributed by atoms with Gasteiger partial charge in [-0.2, -0.15) is 0 Å². The molecule has 1 rings (SSSR count). The summed E-state index contributed by atoms with van der Waals surface area (Å²) in [6.07, 6.45) is -1.83. The van der Waals surface area contributed by atoms with E-state index >= 15 is 0 Å². The van der Waals surface area contributed by atoms with E-state index in [0.29, 0.717) is 0 Å². The molecule has 0 aromatic carbocycles. The summed E-state index contributed by atoms with van der Waals surface area (Å²) in [5, 5.41) is 30.8. The highest BCUT2D eigenvalue weighted by Crippen LogP contribution is 1.98. The van der Waals surface area contributed by atoms with Crippen LogP contribution in [0, 0.1) is 0 Å². The Balaban J connectivity index is 0.000000487. The fourth-order valence-electron chi connectivity index (χ4n) is 0.673. The van der Waals surface area contributed by atoms with Gasteiger partial charge in [-0.25, -0.2) is 19.4 Å². The van der Waals surface area contributed by atoms with Crippen LogP contribution in [0.25, 0.3) is 0 Å². The first-order chi connectivity index (χ1) is 7.34. The maximum Gasteiger partial charge on any atom is 0.503 e. The van der Waals surface area contributed by atoms with E-state index in [0.717, 1.165) is 0 Å². The summed E-state index contributed by atoms with van der Waals surface area (Å²) in [7, 11) is 0.